The Labute approximate surface area is 151 Å². The monoisotopic (exact) mass is 353 g/mol. The summed E-state index contributed by atoms with van der Waals surface area (Å²) in [5.74, 6) is 1.62. The number of H-pyrrole nitrogens is 2. The standard InChI is InChI=1S/C19H23N5O2/c1-23-10-8-20-18(23)14-7-9-24(12-14)17(25)4-2-3-13-5-6-15-16(11-13)22-19(26)21-15/h5-6,8,10-11,14H,2-4,7,9,12H2,1H3,(H2,21,22,26). The molecule has 1 aliphatic heterocycles. The summed E-state index contributed by atoms with van der Waals surface area (Å²) < 4.78 is 2.04. The van der Waals surface area contributed by atoms with Gasteiger partial charge < -0.3 is 19.4 Å². The molecule has 0 aliphatic carbocycles. The SMILES string of the molecule is Cn1ccnc1C1CCN(C(=O)CCCc2ccc3[nH]c(=O)[nH]c3c2)C1. The number of aryl methyl sites for hydroxylation is 2. The second kappa shape index (κ2) is 6.82. The minimum Gasteiger partial charge on any atom is -0.342 e. The van der Waals surface area contributed by atoms with Crippen molar-refractivity contribution in [2.45, 2.75) is 31.6 Å². The molecule has 1 fully saturated rings. The van der Waals surface area contributed by atoms with Crippen molar-refractivity contribution >= 4 is 16.9 Å². The first-order valence-electron chi connectivity index (χ1n) is 9.06. The molecule has 1 aliphatic rings. The summed E-state index contributed by atoms with van der Waals surface area (Å²) in [7, 11) is 2.00. The summed E-state index contributed by atoms with van der Waals surface area (Å²) in [4.78, 5) is 35.7. The van der Waals surface area contributed by atoms with Gasteiger partial charge in [-0.2, -0.15) is 0 Å². The molecule has 3 aromatic rings. The van der Waals surface area contributed by atoms with Crippen molar-refractivity contribution in [1.29, 1.82) is 0 Å². The number of rotatable bonds is 5. The molecule has 2 aromatic heterocycles. The maximum atomic E-state index is 12.5. The quantitative estimate of drug-likeness (QED) is 0.735. The summed E-state index contributed by atoms with van der Waals surface area (Å²) >= 11 is 0. The van der Waals surface area contributed by atoms with Gasteiger partial charge >= 0.3 is 5.69 Å². The molecule has 1 amide bonds. The predicted molar refractivity (Wildman–Crippen MR) is 99.0 cm³/mol. The number of carbonyl (C=O) groups excluding carboxylic acids is 1. The third-order valence-corrected chi connectivity index (χ3v) is 5.20. The number of nitrogens with one attached hydrogen (secondary N) is 2. The van der Waals surface area contributed by atoms with Crippen LogP contribution in [0.5, 0.6) is 0 Å². The molecule has 0 bridgehead atoms. The molecule has 26 heavy (non-hydrogen) atoms. The fourth-order valence-corrected chi connectivity index (χ4v) is 3.81. The van der Waals surface area contributed by atoms with Crippen LogP contribution in [0.25, 0.3) is 11.0 Å². The van der Waals surface area contributed by atoms with Crippen molar-refractivity contribution in [3.8, 4) is 0 Å². The van der Waals surface area contributed by atoms with Gasteiger partial charge in [-0.1, -0.05) is 6.07 Å². The number of benzene rings is 1. The van der Waals surface area contributed by atoms with Crippen molar-refractivity contribution < 1.29 is 4.79 Å². The smallest absolute Gasteiger partial charge is 0.323 e. The Hall–Kier alpha value is -2.83. The topological polar surface area (TPSA) is 86.8 Å². The third-order valence-electron chi connectivity index (χ3n) is 5.20. The van der Waals surface area contributed by atoms with Gasteiger partial charge in [0.2, 0.25) is 5.91 Å². The first-order valence-corrected chi connectivity index (χ1v) is 9.06. The Balaban J connectivity index is 1.30. The van der Waals surface area contributed by atoms with E-state index in [0.29, 0.717) is 12.3 Å². The number of aromatic amines is 2. The molecule has 7 nitrogen and oxygen atoms in total. The highest BCUT2D eigenvalue weighted by Crippen LogP contribution is 2.26. The molecule has 136 valence electrons. The average Bonchev–Trinajstić information content (AvgIpc) is 3.32. The van der Waals surface area contributed by atoms with Crippen LogP contribution in [0.15, 0.2) is 35.4 Å². The van der Waals surface area contributed by atoms with Crippen LogP contribution in [-0.2, 0) is 18.3 Å². The highest BCUT2D eigenvalue weighted by Gasteiger charge is 2.29. The maximum Gasteiger partial charge on any atom is 0.323 e. The zero-order valence-corrected chi connectivity index (χ0v) is 14.9. The van der Waals surface area contributed by atoms with Crippen LogP contribution in [-0.4, -0.2) is 43.4 Å². The Morgan fingerprint density at radius 3 is 2.96 bits per heavy atom. The highest BCUT2D eigenvalue weighted by atomic mass is 16.2. The number of aromatic nitrogens is 4. The number of carbonyl (C=O) groups is 1. The summed E-state index contributed by atoms with van der Waals surface area (Å²) in [6.45, 7) is 1.58. The van der Waals surface area contributed by atoms with Crippen molar-refractivity contribution in [2.24, 2.45) is 7.05 Å². The van der Waals surface area contributed by atoms with E-state index in [0.717, 1.165) is 54.8 Å². The van der Waals surface area contributed by atoms with E-state index < -0.39 is 0 Å². The van der Waals surface area contributed by atoms with Crippen molar-refractivity contribution in [3.63, 3.8) is 0 Å². The van der Waals surface area contributed by atoms with Gasteiger partial charge in [0, 0.05) is 44.9 Å². The second-order valence-electron chi connectivity index (χ2n) is 7.03. The molecule has 0 saturated carbocycles. The maximum absolute atomic E-state index is 12.5. The zero-order chi connectivity index (χ0) is 18.1. The molecule has 1 unspecified atom stereocenters. The van der Waals surface area contributed by atoms with Crippen LogP contribution < -0.4 is 5.69 Å². The fraction of sp³-hybridized carbons (Fsp3) is 0.421. The Bertz CT molecular complexity index is 983. The van der Waals surface area contributed by atoms with Gasteiger partial charge in [0.25, 0.3) is 0 Å². The number of hydrogen-bond acceptors (Lipinski definition) is 3. The Morgan fingerprint density at radius 1 is 1.31 bits per heavy atom. The predicted octanol–water partition coefficient (Wildman–Crippen LogP) is 1.93. The van der Waals surface area contributed by atoms with Gasteiger partial charge in [0.05, 0.1) is 11.0 Å². The molecule has 0 spiro atoms. The first-order chi connectivity index (χ1) is 12.6. The van der Waals surface area contributed by atoms with Crippen molar-refractivity contribution in [3.05, 3.63) is 52.5 Å². The number of fused-ring (bicyclic) bond motifs is 1. The first kappa shape index (κ1) is 16.6. The van der Waals surface area contributed by atoms with Crippen LogP contribution in [0.3, 0.4) is 0 Å². The van der Waals surface area contributed by atoms with Gasteiger partial charge in [0.15, 0.2) is 0 Å². The molecular weight excluding hydrogens is 330 g/mol. The van der Waals surface area contributed by atoms with E-state index in [1.54, 1.807) is 0 Å². The van der Waals surface area contributed by atoms with E-state index >= 15 is 0 Å². The van der Waals surface area contributed by atoms with Crippen LogP contribution in [0.2, 0.25) is 0 Å². The molecule has 4 rings (SSSR count). The van der Waals surface area contributed by atoms with E-state index in [-0.39, 0.29) is 11.6 Å². The minimum absolute atomic E-state index is 0.191. The van der Waals surface area contributed by atoms with Crippen molar-refractivity contribution in [2.75, 3.05) is 13.1 Å². The lowest BCUT2D eigenvalue weighted by Gasteiger charge is -2.16. The largest absolute Gasteiger partial charge is 0.342 e. The molecule has 1 atom stereocenters. The molecule has 7 heteroatoms. The normalized spacial score (nSPS) is 17.3. The molecule has 1 aromatic carbocycles. The van der Waals surface area contributed by atoms with E-state index in [1.807, 2.05) is 47.1 Å². The second-order valence-corrected chi connectivity index (χ2v) is 7.03. The zero-order valence-electron chi connectivity index (χ0n) is 14.9. The third kappa shape index (κ3) is 3.29. The lowest BCUT2D eigenvalue weighted by molar-refractivity contribution is -0.130. The van der Waals surface area contributed by atoms with Gasteiger partial charge in [0.1, 0.15) is 5.82 Å². The number of likely N-dealkylation sites (tertiary alicyclic amines) is 1. The summed E-state index contributed by atoms with van der Waals surface area (Å²) in [6.07, 6.45) is 6.93. The summed E-state index contributed by atoms with van der Waals surface area (Å²) in [6, 6.07) is 5.89. The van der Waals surface area contributed by atoms with E-state index in [9.17, 15) is 9.59 Å². The van der Waals surface area contributed by atoms with E-state index in [2.05, 4.69) is 15.0 Å². The molecule has 2 N–H and O–H groups in total. The van der Waals surface area contributed by atoms with Gasteiger partial charge in [-0.05, 0) is 37.0 Å². The molecule has 3 heterocycles. The van der Waals surface area contributed by atoms with Gasteiger partial charge in [-0.3, -0.25) is 4.79 Å². The van der Waals surface area contributed by atoms with Crippen LogP contribution in [0, 0.1) is 0 Å². The number of hydrogen-bond donors (Lipinski definition) is 2. The van der Waals surface area contributed by atoms with Crippen LogP contribution in [0.1, 0.15) is 36.6 Å². The van der Waals surface area contributed by atoms with Gasteiger partial charge in [-0.15, -0.1) is 0 Å². The Kier molecular flexibility index (Phi) is 4.36. The molecule has 0 radical (unpaired) electrons. The van der Waals surface area contributed by atoms with E-state index in [4.69, 9.17) is 0 Å². The number of imidazole rings is 2. The lowest BCUT2D eigenvalue weighted by Crippen LogP contribution is -2.28. The number of amides is 1. The lowest BCUT2D eigenvalue weighted by atomic mass is 10.1. The number of nitrogens with zero attached hydrogens (tertiary/aromatic N) is 3. The van der Waals surface area contributed by atoms with Crippen molar-refractivity contribution in [1.82, 2.24) is 24.4 Å². The summed E-state index contributed by atoms with van der Waals surface area (Å²) in [5.41, 5.74) is 2.57. The molecule has 1 saturated heterocycles. The minimum atomic E-state index is -0.191. The summed E-state index contributed by atoms with van der Waals surface area (Å²) in [5, 5.41) is 0. The fourth-order valence-electron chi connectivity index (χ4n) is 3.81. The van der Waals surface area contributed by atoms with Crippen LogP contribution >= 0.6 is 0 Å². The van der Waals surface area contributed by atoms with Crippen LogP contribution in [0.4, 0.5) is 0 Å². The average molecular weight is 353 g/mol. The van der Waals surface area contributed by atoms with Gasteiger partial charge in [-0.25, -0.2) is 9.78 Å². The Morgan fingerprint density at radius 2 is 2.15 bits per heavy atom. The highest BCUT2D eigenvalue weighted by molar-refractivity contribution is 5.77. The van der Waals surface area contributed by atoms with E-state index in [1.165, 1.54) is 0 Å². The molecular formula is C19H23N5O2.